The third-order valence-electron chi connectivity index (χ3n) is 5.82. The van der Waals surface area contributed by atoms with E-state index in [4.69, 9.17) is 9.47 Å². The van der Waals surface area contributed by atoms with Crippen molar-refractivity contribution in [1.29, 1.82) is 0 Å². The van der Waals surface area contributed by atoms with Crippen molar-refractivity contribution >= 4 is 23.9 Å². The first-order valence-corrected chi connectivity index (χ1v) is 13.1. The lowest BCUT2D eigenvalue weighted by Crippen LogP contribution is -2.20. The van der Waals surface area contributed by atoms with Crippen molar-refractivity contribution in [3.63, 3.8) is 0 Å². The van der Waals surface area contributed by atoms with Crippen molar-refractivity contribution < 1.29 is 14.3 Å². The number of hydrogen-bond donors (Lipinski definition) is 1. The van der Waals surface area contributed by atoms with E-state index in [1.54, 1.807) is 20.4 Å². The van der Waals surface area contributed by atoms with Gasteiger partial charge in [-0.3, -0.25) is 9.36 Å². The molecule has 9 heteroatoms. The first kappa shape index (κ1) is 26.9. The normalized spacial score (nSPS) is 11.5. The van der Waals surface area contributed by atoms with Gasteiger partial charge in [-0.25, -0.2) is 5.43 Å². The van der Waals surface area contributed by atoms with E-state index in [9.17, 15) is 4.79 Å². The molecule has 0 aliphatic carbocycles. The quantitative estimate of drug-likeness (QED) is 0.175. The molecule has 0 radical (unpaired) electrons. The highest BCUT2D eigenvalue weighted by Gasteiger charge is 2.19. The fraction of sp³-hybridized carbons (Fsp3) is 0.241. The largest absolute Gasteiger partial charge is 0.497 e. The summed E-state index contributed by atoms with van der Waals surface area (Å²) in [6.07, 6.45) is 1.58. The first-order valence-electron chi connectivity index (χ1n) is 12.1. The topological polar surface area (TPSA) is 90.6 Å². The molecule has 0 spiro atoms. The summed E-state index contributed by atoms with van der Waals surface area (Å²) in [6, 6.07) is 23.4. The molecule has 0 aliphatic heterocycles. The van der Waals surface area contributed by atoms with Gasteiger partial charge in [0.15, 0.2) is 11.0 Å². The molecule has 3 aromatic carbocycles. The van der Waals surface area contributed by atoms with Crippen molar-refractivity contribution in [2.45, 2.75) is 31.3 Å². The Morgan fingerprint density at radius 2 is 1.53 bits per heavy atom. The lowest BCUT2D eigenvalue weighted by atomic mass is 9.87. The van der Waals surface area contributed by atoms with E-state index in [1.807, 2.05) is 53.1 Å². The summed E-state index contributed by atoms with van der Waals surface area (Å²) < 4.78 is 12.4. The minimum absolute atomic E-state index is 0.0480. The molecule has 0 unspecified atom stereocenters. The minimum Gasteiger partial charge on any atom is -0.497 e. The molecule has 0 saturated heterocycles. The summed E-state index contributed by atoms with van der Waals surface area (Å²) in [4.78, 5) is 12.5. The molecule has 4 rings (SSSR count). The van der Waals surface area contributed by atoms with Gasteiger partial charge in [-0.05, 0) is 65.1 Å². The maximum Gasteiger partial charge on any atom is 0.250 e. The van der Waals surface area contributed by atoms with Crippen LogP contribution in [0.15, 0.2) is 83.1 Å². The Labute approximate surface area is 227 Å². The number of rotatable bonds is 9. The molecule has 1 N–H and O–H groups in total. The second-order valence-electron chi connectivity index (χ2n) is 9.52. The number of hydrogen-bond acceptors (Lipinski definition) is 7. The predicted octanol–water partition coefficient (Wildman–Crippen LogP) is 5.49. The molecule has 1 aromatic heterocycles. The summed E-state index contributed by atoms with van der Waals surface area (Å²) in [5.74, 6) is 2.07. The lowest BCUT2D eigenvalue weighted by molar-refractivity contribution is -0.118. The van der Waals surface area contributed by atoms with E-state index >= 15 is 0 Å². The van der Waals surface area contributed by atoms with Crippen LogP contribution in [0.25, 0.3) is 17.1 Å². The molecule has 196 valence electrons. The molecule has 4 aromatic rings. The molecule has 1 heterocycles. The van der Waals surface area contributed by atoms with Crippen LogP contribution < -0.4 is 14.9 Å². The van der Waals surface area contributed by atoms with Crippen LogP contribution in [0.3, 0.4) is 0 Å². The first-order chi connectivity index (χ1) is 18.3. The summed E-state index contributed by atoms with van der Waals surface area (Å²) in [5.41, 5.74) is 6.50. The zero-order chi connectivity index (χ0) is 27.1. The van der Waals surface area contributed by atoms with Gasteiger partial charge >= 0.3 is 0 Å². The monoisotopic (exact) mass is 529 g/mol. The lowest BCUT2D eigenvalue weighted by Gasteiger charge is -2.19. The number of nitrogens with one attached hydrogen (secondary N) is 1. The fourth-order valence-corrected chi connectivity index (χ4v) is 4.41. The number of ether oxygens (including phenoxy) is 2. The third kappa shape index (κ3) is 6.60. The number of hydrazone groups is 1. The van der Waals surface area contributed by atoms with Crippen molar-refractivity contribution in [3.05, 3.63) is 83.9 Å². The number of methoxy groups -OCH3 is 2. The van der Waals surface area contributed by atoms with Gasteiger partial charge in [-0.1, -0.05) is 56.8 Å². The van der Waals surface area contributed by atoms with Crippen LogP contribution >= 0.6 is 11.8 Å². The highest BCUT2D eigenvalue weighted by Crippen LogP contribution is 2.30. The Bertz CT molecular complexity index is 1390. The smallest absolute Gasteiger partial charge is 0.250 e. The Kier molecular flexibility index (Phi) is 8.48. The molecule has 38 heavy (non-hydrogen) atoms. The standard InChI is InChI=1S/C29H31N5O3S/c1-29(2,3)22-10-8-21(9-11-22)27-32-33-28(34(27)23-12-16-25(37-5)17-13-23)38-19-26(35)31-30-18-20-6-14-24(36-4)15-7-20/h6-18H,19H2,1-5H3,(H,31,35). The van der Waals surface area contributed by atoms with E-state index in [1.165, 1.54) is 17.3 Å². The highest BCUT2D eigenvalue weighted by atomic mass is 32.2. The van der Waals surface area contributed by atoms with E-state index in [0.29, 0.717) is 11.0 Å². The average molecular weight is 530 g/mol. The average Bonchev–Trinajstić information content (AvgIpc) is 3.36. The van der Waals surface area contributed by atoms with Crippen molar-refractivity contribution in [2.24, 2.45) is 5.10 Å². The second-order valence-corrected chi connectivity index (χ2v) is 10.5. The number of thioether (sulfide) groups is 1. The zero-order valence-corrected chi connectivity index (χ0v) is 23.0. The third-order valence-corrected chi connectivity index (χ3v) is 6.75. The van der Waals surface area contributed by atoms with E-state index < -0.39 is 0 Å². The van der Waals surface area contributed by atoms with Crippen LogP contribution in [0.4, 0.5) is 0 Å². The molecule has 0 bridgehead atoms. The summed E-state index contributed by atoms with van der Waals surface area (Å²) in [5, 5.41) is 13.5. The van der Waals surface area contributed by atoms with Crippen LogP contribution in [-0.2, 0) is 10.2 Å². The number of nitrogens with zero attached hydrogens (tertiary/aromatic N) is 4. The minimum atomic E-state index is -0.250. The molecule has 0 atom stereocenters. The Hall–Kier alpha value is -4.11. The Balaban J connectivity index is 1.52. The van der Waals surface area contributed by atoms with Gasteiger partial charge in [0.1, 0.15) is 11.5 Å². The van der Waals surface area contributed by atoms with Crippen molar-refractivity contribution in [1.82, 2.24) is 20.2 Å². The molecule has 8 nitrogen and oxygen atoms in total. The number of aromatic nitrogens is 3. The van der Waals surface area contributed by atoms with Crippen LogP contribution in [0.2, 0.25) is 0 Å². The van der Waals surface area contributed by atoms with E-state index in [0.717, 1.165) is 28.3 Å². The van der Waals surface area contributed by atoms with E-state index in [2.05, 4.69) is 65.8 Å². The number of amides is 1. The Morgan fingerprint density at radius 3 is 2.11 bits per heavy atom. The molecule has 0 fully saturated rings. The van der Waals surface area contributed by atoms with Crippen molar-refractivity contribution in [3.8, 4) is 28.6 Å². The highest BCUT2D eigenvalue weighted by molar-refractivity contribution is 7.99. The summed E-state index contributed by atoms with van der Waals surface area (Å²) in [7, 11) is 3.25. The molecule has 1 amide bonds. The number of carbonyl (C=O) groups is 1. The van der Waals surface area contributed by atoms with Gasteiger partial charge in [-0.2, -0.15) is 5.10 Å². The maximum absolute atomic E-state index is 12.5. The molecule has 0 aliphatic rings. The number of carbonyl (C=O) groups excluding carboxylic acids is 1. The fourth-order valence-electron chi connectivity index (χ4n) is 3.66. The molecule has 0 saturated carbocycles. The van der Waals surface area contributed by atoms with Gasteiger partial charge in [0.2, 0.25) is 0 Å². The van der Waals surface area contributed by atoms with Crippen LogP contribution in [0.1, 0.15) is 31.9 Å². The van der Waals surface area contributed by atoms with Crippen LogP contribution in [0, 0.1) is 0 Å². The summed E-state index contributed by atoms with van der Waals surface area (Å²) >= 11 is 1.29. The summed E-state index contributed by atoms with van der Waals surface area (Å²) in [6.45, 7) is 6.55. The molecular weight excluding hydrogens is 498 g/mol. The zero-order valence-electron chi connectivity index (χ0n) is 22.1. The Morgan fingerprint density at radius 1 is 0.921 bits per heavy atom. The van der Waals surface area contributed by atoms with Crippen molar-refractivity contribution in [2.75, 3.05) is 20.0 Å². The van der Waals surface area contributed by atoms with Crippen LogP contribution in [-0.4, -0.2) is 46.9 Å². The van der Waals surface area contributed by atoms with E-state index in [-0.39, 0.29) is 17.1 Å². The van der Waals surface area contributed by atoms with Gasteiger partial charge in [-0.15, -0.1) is 10.2 Å². The number of benzene rings is 3. The predicted molar refractivity (Wildman–Crippen MR) is 152 cm³/mol. The second kappa shape index (κ2) is 12.0. The van der Waals surface area contributed by atoms with Crippen LogP contribution in [0.5, 0.6) is 11.5 Å². The molecular formula is C29H31N5O3S. The van der Waals surface area contributed by atoms with Gasteiger partial charge in [0.25, 0.3) is 5.91 Å². The maximum atomic E-state index is 12.5. The SMILES string of the molecule is COc1ccc(C=NNC(=O)CSc2nnc(-c3ccc(C(C)(C)C)cc3)n2-c2ccc(OC)cc2)cc1. The van der Waals surface area contributed by atoms with Gasteiger partial charge < -0.3 is 9.47 Å². The van der Waals surface area contributed by atoms with Gasteiger partial charge in [0, 0.05) is 11.3 Å². The van der Waals surface area contributed by atoms with Gasteiger partial charge in [0.05, 0.1) is 26.2 Å².